The van der Waals surface area contributed by atoms with Crippen LogP contribution in [0, 0.1) is 0 Å². The predicted octanol–water partition coefficient (Wildman–Crippen LogP) is 2.15. The van der Waals surface area contributed by atoms with E-state index in [1.165, 1.54) is 0 Å². The zero-order valence-electron chi connectivity index (χ0n) is 10.8. The Morgan fingerprint density at radius 2 is 1.95 bits per heavy atom. The molecule has 3 aromatic rings. The highest BCUT2D eigenvalue weighted by Crippen LogP contribution is 2.18. The summed E-state index contributed by atoms with van der Waals surface area (Å²) < 4.78 is 1.91. The Morgan fingerprint density at radius 3 is 2.75 bits per heavy atom. The summed E-state index contributed by atoms with van der Waals surface area (Å²) in [5, 5.41) is 17.9. The van der Waals surface area contributed by atoms with Crippen molar-refractivity contribution in [2.24, 2.45) is 0 Å². The summed E-state index contributed by atoms with van der Waals surface area (Å²) in [7, 11) is 0. The quantitative estimate of drug-likeness (QED) is 0.786. The van der Waals surface area contributed by atoms with Crippen molar-refractivity contribution in [2.45, 2.75) is 12.8 Å². The first-order valence-corrected chi connectivity index (χ1v) is 6.41. The van der Waals surface area contributed by atoms with E-state index in [1.54, 1.807) is 24.8 Å². The highest BCUT2D eigenvalue weighted by molar-refractivity contribution is 5.33. The van der Waals surface area contributed by atoms with Gasteiger partial charge >= 0.3 is 0 Å². The lowest BCUT2D eigenvalue weighted by atomic mass is 10.1. The lowest BCUT2D eigenvalue weighted by Gasteiger charge is -2.06. The van der Waals surface area contributed by atoms with E-state index in [0.29, 0.717) is 18.6 Å². The van der Waals surface area contributed by atoms with Crippen LogP contribution in [0.3, 0.4) is 0 Å². The first-order valence-electron chi connectivity index (χ1n) is 6.41. The van der Waals surface area contributed by atoms with Gasteiger partial charge in [-0.1, -0.05) is 18.2 Å². The molecule has 0 saturated carbocycles. The van der Waals surface area contributed by atoms with E-state index >= 15 is 0 Å². The molecule has 0 saturated heterocycles. The van der Waals surface area contributed by atoms with Crippen molar-refractivity contribution >= 4 is 0 Å². The molecule has 0 aliphatic heterocycles. The monoisotopic (exact) mass is 266 g/mol. The van der Waals surface area contributed by atoms with Crippen molar-refractivity contribution < 1.29 is 5.11 Å². The van der Waals surface area contributed by atoms with E-state index in [0.717, 1.165) is 17.1 Å². The molecule has 0 unspecified atom stereocenters. The Hall–Kier alpha value is -2.69. The molecule has 0 bridgehead atoms. The average molecular weight is 266 g/mol. The molecule has 100 valence electrons. The zero-order chi connectivity index (χ0) is 13.8. The summed E-state index contributed by atoms with van der Waals surface area (Å²) in [6.45, 7) is 0. The third-order valence-corrected chi connectivity index (χ3v) is 3.15. The van der Waals surface area contributed by atoms with Gasteiger partial charge in [-0.05, 0) is 30.2 Å². The summed E-state index contributed by atoms with van der Waals surface area (Å²) in [6.07, 6.45) is 6.59. The summed E-state index contributed by atoms with van der Waals surface area (Å²) >= 11 is 0. The molecule has 0 aliphatic rings. The van der Waals surface area contributed by atoms with E-state index in [4.69, 9.17) is 0 Å². The molecule has 5 nitrogen and oxygen atoms in total. The van der Waals surface area contributed by atoms with Crippen LogP contribution in [0.4, 0.5) is 0 Å². The van der Waals surface area contributed by atoms with Gasteiger partial charge in [0.25, 0.3) is 0 Å². The van der Waals surface area contributed by atoms with Crippen molar-refractivity contribution in [1.82, 2.24) is 19.7 Å². The largest absolute Gasteiger partial charge is 0.508 e. The summed E-state index contributed by atoms with van der Waals surface area (Å²) in [4.78, 5) is 4.10. The van der Waals surface area contributed by atoms with E-state index in [2.05, 4.69) is 15.2 Å². The van der Waals surface area contributed by atoms with Crippen LogP contribution in [0.1, 0.15) is 11.4 Å². The second kappa shape index (κ2) is 5.52. The minimum atomic E-state index is 0.319. The molecule has 2 aromatic heterocycles. The number of hydrogen-bond donors (Lipinski definition) is 1. The van der Waals surface area contributed by atoms with Gasteiger partial charge < -0.3 is 5.11 Å². The minimum absolute atomic E-state index is 0.319. The van der Waals surface area contributed by atoms with E-state index in [-0.39, 0.29) is 0 Å². The number of aromatic nitrogens is 4. The maximum Gasteiger partial charge on any atom is 0.137 e. The number of aromatic hydroxyl groups is 1. The van der Waals surface area contributed by atoms with Crippen LogP contribution >= 0.6 is 0 Å². The number of phenolic OH excluding ortho intramolecular Hbond substituents is 1. The number of para-hydroxylation sites is 1. The summed E-state index contributed by atoms with van der Waals surface area (Å²) in [5.41, 5.74) is 1.85. The molecule has 0 aliphatic carbocycles. The fourth-order valence-electron chi connectivity index (χ4n) is 2.11. The van der Waals surface area contributed by atoms with Crippen LogP contribution in [0.15, 0.2) is 55.1 Å². The maximum absolute atomic E-state index is 9.77. The molecule has 0 radical (unpaired) electrons. The van der Waals surface area contributed by atoms with Crippen molar-refractivity contribution in [2.75, 3.05) is 0 Å². The number of benzene rings is 1. The fraction of sp³-hybridized carbons (Fsp3) is 0.133. The van der Waals surface area contributed by atoms with E-state index in [9.17, 15) is 5.11 Å². The molecule has 1 aromatic carbocycles. The summed E-state index contributed by atoms with van der Waals surface area (Å²) in [5.74, 6) is 1.17. The molecule has 0 atom stereocenters. The van der Waals surface area contributed by atoms with Gasteiger partial charge in [-0.2, -0.15) is 0 Å². The predicted molar refractivity (Wildman–Crippen MR) is 74.7 cm³/mol. The highest BCUT2D eigenvalue weighted by Gasteiger charge is 2.08. The Labute approximate surface area is 116 Å². The molecule has 2 heterocycles. The van der Waals surface area contributed by atoms with Crippen LogP contribution in [0.2, 0.25) is 0 Å². The fourth-order valence-corrected chi connectivity index (χ4v) is 2.11. The van der Waals surface area contributed by atoms with Gasteiger partial charge in [0.15, 0.2) is 0 Å². The lowest BCUT2D eigenvalue weighted by Crippen LogP contribution is -2.03. The van der Waals surface area contributed by atoms with Gasteiger partial charge in [-0.25, -0.2) is 0 Å². The second-order valence-corrected chi connectivity index (χ2v) is 4.46. The van der Waals surface area contributed by atoms with Crippen LogP contribution in [-0.4, -0.2) is 24.9 Å². The van der Waals surface area contributed by atoms with Crippen LogP contribution in [-0.2, 0) is 12.8 Å². The molecular weight excluding hydrogens is 252 g/mol. The third kappa shape index (κ3) is 2.51. The second-order valence-electron chi connectivity index (χ2n) is 4.46. The van der Waals surface area contributed by atoms with Gasteiger partial charge in [0, 0.05) is 12.6 Å². The van der Waals surface area contributed by atoms with Crippen LogP contribution < -0.4 is 0 Å². The Morgan fingerprint density at radius 1 is 1.05 bits per heavy atom. The molecule has 1 N–H and O–H groups in total. The minimum Gasteiger partial charge on any atom is -0.508 e. The number of hydrogen-bond acceptors (Lipinski definition) is 4. The highest BCUT2D eigenvalue weighted by atomic mass is 16.3. The number of rotatable bonds is 4. The number of aryl methyl sites for hydroxylation is 2. The average Bonchev–Trinajstić information content (AvgIpc) is 2.96. The number of pyridine rings is 1. The van der Waals surface area contributed by atoms with Crippen molar-refractivity contribution in [3.05, 3.63) is 66.5 Å². The van der Waals surface area contributed by atoms with Crippen LogP contribution in [0.25, 0.3) is 5.69 Å². The first-order chi connectivity index (χ1) is 9.84. The normalized spacial score (nSPS) is 10.6. The number of nitrogens with zero attached hydrogens (tertiary/aromatic N) is 4. The molecule has 0 spiro atoms. The first kappa shape index (κ1) is 12.3. The van der Waals surface area contributed by atoms with Gasteiger partial charge in [0.2, 0.25) is 0 Å². The van der Waals surface area contributed by atoms with Crippen molar-refractivity contribution in [3.63, 3.8) is 0 Å². The molecule has 0 fully saturated rings. The van der Waals surface area contributed by atoms with Crippen molar-refractivity contribution in [1.29, 1.82) is 0 Å². The van der Waals surface area contributed by atoms with Gasteiger partial charge in [0.05, 0.1) is 11.9 Å². The van der Waals surface area contributed by atoms with E-state index < -0.39 is 0 Å². The lowest BCUT2D eigenvalue weighted by molar-refractivity contribution is 0.467. The molecule has 0 amide bonds. The smallest absolute Gasteiger partial charge is 0.137 e. The SMILES string of the molecule is Oc1ccccc1CCc1nncn1-c1cccnc1. The zero-order valence-corrected chi connectivity index (χ0v) is 10.8. The molecule has 3 rings (SSSR count). The van der Waals surface area contributed by atoms with Crippen molar-refractivity contribution in [3.8, 4) is 11.4 Å². The summed E-state index contributed by atoms with van der Waals surface area (Å²) in [6, 6.07) is 11.2. The maximum atomic E-state index is 9.77. The molecule has 20 heavy (non-hydrogen) atoms. The Kier molecular flexibility index (Phi) is 3.41. The Balaban J connectivity index is 1.80. The van der Waals surface area contributed by atoms with Crippen LogP contribution in [0.5, 0.6) is 5.75 Å². The topological polar surface area (TPSA) is 63.8 Å². The van der Waals surface area contributed by atoms with Gasteiger partial charge in [-0.3, -0.25) is 9.55 Å². The molecular formula is C15H14N4O. The van der Waals surface area contributed by atoms with Gasteiger partial charge in [0.1, 0.15) is 17.9 Å². The van der Waals surface area contributed by atoms with E-state index in [1.807, 2.05) is 34.9 Å². The molecule has 5 heteroatoms. The third-order valence-electron chi connectivity index (χ3n) is 3.15. The number of phenols is 1. The Bertz CT molecular complexity index is 694. The standard InChI is InChI=1S/C15H14N4O/c20-14-6-2-1-4-12(14)7-8-15-18-17-11-19(15)13-5-3-9-16-10-13/h1-6,9-11,20H,7-8H2. The van der Waals surface area contributed by atoms with Gasteiger partial charge in [-0.15, -0.1) is 10.2 Å².